The number of carbonyl (C=O) groups excluding carboxylic acids is 1. The summed E-state index contributed by atoms with van der Waals surface area (Å²) in [5, 5.41) is 3.10. The second-order valence-corrected chi connectivity index (χ2v) is 4.17. The highest BCUT2D eigenvalue weighted by molar-refractivity contribution is 5.85. The Morgan fingerprint density at radius 2 is 1.92 bits per heavy atom. The van der Waals surface area contributed by atoms with Gasteiger partial charge in [-0.3, -0.25) is 4.79 Å². The molecule has 0 atom stereocenters. The smallest absolute Gasteiger partial charge is 0.220 e. The Balaban J connectivity index is 0.000000845. The van der Waals surface area contributed by atoms with E-state index in [1.165, 1.54) is 0 Å². The van der Waals surface area contributed by atoms with Crippen molar-refractivity contribution in [1.82, 2.24) is 5.32 Å². The summed E-state index contributed by atoms with van der Waals surface area (Å²) in [6.45, 7) is 0. The average Bonchev–Trinajstić information content (AvgIpc) is 2.40. The lowest BCUT2D eigenvalue weighted by Crippen LogP contribution is -2.46. The van der Waals surface area contributed by atoms with Crippen molar-refractivity contribution >= 4 is 18.3 Å². The highest BCUT2D eigenvalue weighted by Gasteiger charge is 2.39. The maximum absolute atomic E-state index is 11.1. The molecule has 4 heteroatoms. The van der Waals surface area contributed by atoms with Crippen molar-refractivity contribution in [3.63, 3.8) is 0 Å². The van der Waals surface area contributed by atoms with Crippen LogP contribution in [-0.2, 0) is 4.79 Å². The Morgan fingerprint density at radius 3 is 2.38 bits per heavy atom. The minimum Gasteiger partial charge on any atom is -0.351 e. The number of hydrogen-bond acceptors (Lipinski definition) is 2. The van der Waals surface area contributed by atoms with E-state index in [0.29, 0.717) is 6.04 Å². The summed E-state index contributed by atoms with van der Waals surface area (Å²) in [6, 6.07) is 0.369. The molecule has 1 heterocycles. The molecule has 1 aliphatic carbocycles. The minimum absolute atomic E-state index is 0. The maximum Gasteiger partial charge on any atom is 0.220 e. The van der Waals surface area contributed by atoms with Crippen LogP contribution in [0.4, 0.5) is 0 Å². The molecule has 76 valence electrons. The Kier molecular flexibility index (Phi) is 3.19. The number of hydrogen-bond donors (Lipinski definition) is 2. The molecule has 0 aromatic heterocycles. The molecule has 0 aromatic carbocycles. The van der Waals surface area contributed by atoms with Gasteiger partial charge in [0.1, 0.15) is 0 Å². The van der Waals surface area contributed by atoms with Crippen LogP contribution in [0.3, 0.4) is 0 Å². The fourth-order valence-electron chi connectivity index (χ4n) is 2.34. The third-order valence-corrected chi connectivity index (χ3v) is 3.22. The molecular formula is C9H17ClN2O. The molecule has 0 unspecified atom stereocenters. The van der Waals surface area contributed by atoms with E-state index in [0.717, 1.165) is 38.5 Å². The lowest BCUT2D eigenvalue weighted by Gasteiger charge is -2.35. The quantitative estimate of drug-likeness (QED) is 0.618. The van der Waals surface area contributed by atoms with Crippen LogP contribution in [0.5, 0.6) is 0 Å². The first kappa shape index (κ1) is 10.8. The predicted octanol–water partition coefficient (Wildman–Crippen LogP) is 0.958. The van der Waals surface area contributed by atoms with Gasteiger partial charge in [0, 0.05) is 18.0 Å². The van der Waals surface area contributed by atoms with Gasteiger partial charge in [-0.2, -0.15) is 0 Å². The molecule has 0 radical (unpaired) electrons. The van der Waals surface area contributed by atoms with Crippen molar-refractivity contribution in [2.75, 3.05) is 0 Å². The number of nitrogens with two attached hydrogens (primary N) is 1. The van der Waals surface area contributed by atoms with Crippen molar-refractivity contribution in [3.8, 4) is 0 Å². The molecule has 2 fully saturated rings. The van der Waals surface area contributed by atoms with Crippen LogP contribution in [0.25, 0.3) is 0 Å². The number of amides is 1. The molecule has 1 spiro atoms. The van der Waals surface area contributed by atoms with Crippen LogP contribution in [0.2, 0.25) is 0 Å². The third-order valence-electron chi connectivity index (χ3n) is 3.22. The number of carbonyl (C=O) groups is 1. The molecule has 1 aliphatic heterocycles. The summed E-state index contributed by atoms with van der Waals surface area (Å²) < 4.78 is 0. The Morgan fingerprint density at radius 1 is 1.31 bits per heavy atom. The van der Waals surface area contributed by atoms with Gasteiger partial charge in [-0.15, -0.1) is 12.4 Å². The highest BCUT2D eigenvalue weighted by Crippen LogP contribution is 2.34. The standard InChI is InChI=1S/C9H16N2O.ClH/c10-7-1-4-9(5-2-7)6-3-8(12)11-9;/h7H,1-6,10H2,(H,11,12);1H. The zero-order chi connectivity index (χ0) is 8.60. The fourth-order valence-corrected chi connectivity index (χ4v) is 2.34. The largest absolute Gasteiger partial charge is 0.351 e. The first-order valence-electron chi connectivity index (χ1n) is 4.77. The number of nitrogens with one attached hydrogen (secondary N) is 1. The van der Waals surface area contributed by atoms with Crippen LogP contribution in [0, 0.1) is 0 Å². The van der Waals surface area contributed by atoms with Crippen molar-refractivity contribution in [2.24, 2.45) is 5.73 Å². The summed E-state index contributed by atoms with van der Waals surface area (Å²) in [5.41, 5.74) is 5.95. The molecule has 1 saturated heterocycles. The van der Waals surface area contributed by atoms with Gasteiger partial charge in [0.25, 0.3) is 0 Å². The molecule has 3 nitrogen and oxygen atoms in total. The minimum atomic E-state index is 0. The van der Waals surface area contributed by atoms with E-state index < -0.39 is 0 Å². The van der Waals surface area contributed by atoms with Gasteiger partial charge >= 0.3 is 0 Å². The molecule has 3 N–H and O–H groups in total. The van der Waals surface area contributed by atoms with Gasteiger partial charge in [0.2, 0.25) is 5.91 Å². The van der Waals surface area contributed by atoms with Crippen LogP contribution in [0.1, 0.15) is 38.5 Å². The Labute approximate surface area is 84.9 Å². The van der Waals surface area contributed by atoms with Crippen LogP contribution >= 0.6 is 12.4 Å². The first-order valence-corrected chi connectivity index (χ1v) is 4.77. The predicted molar refractivity (Wildman–Crippen MR) is 53.8 cm³/mol. The summed E-state index contributed by atoms with van der Waals surface area (Å²) in [6.07, 6.45) is 6.05. The summed E-state index contributed by atoms with van der Waals surface area (Å²) in [5.74, 6) is 0.227. The van der Waals surface area contributed by atoms with E-state index in [1.54, 1.807) is 0 Å². The maximum atomic E-state index is 11.1. The van der Waals surface area contributed by atoms with Gasteiger partial charge < -0.3 is 11.1 Å². The van der Waals surface area contributed by atoms with Crippen LogP contribution in [-0.4, -0.2) is 17.5 Å². The van der Waals surface area contributed by atoms with Crippen molar-refractivity contribution in [1.29, 1.82) is 0 Å². The molecule has 1 amide bonds. The van der Waals surface area contributed by atoms with Gasteiger partial charge in [0.05, 0.1) is 0 Å². The second-order valence-electron chi connectivity index (χ2n) is 4.17. The van der Waals surface area contributed by atoms with Gasteiger partial charge in [-0.25, -0.2) is 0 Å². The van der Waals surface area contributed by atoms with Crippen LogP contribution in [0.15, 0.2) is 0 Å². The first-order chi connectivity index (χ1) is 5.70. The molecule has 1 saturated carbocycles. The lowest BCUT2D eigenvalue weighted by molar-refractivity contribution is -0.120. The van der Waals surface area contributed by atoms with E-state index in [-0.39, 0.29) is 23.9 Å². The highest BCUT2D eigenvalue weighted by atomic mass is 35.5. The molecule has 0 aromatic rings. The topological polar surface area (TPSA) is 55.1 Å². The van der Waals surface area contributed by atoms with Crippen molar-refractivity contribution in [3.05, 3.63) is 0 Å². The third kappa shape index (κ3) is 2.15. The monoisotopic (exact) mass is 204 g/mol. The molecule has 2 aliphatic rings. The number of rotatable bonds is 0. The Bertz CT molecular complexity index is 200. The normalized spacial score (nSPS) is 38.5. The van der Waals surface area contributed by atoms with Crippen molar-refractivity contribution in [2.45, 2.75) is 50.1 Å². The average molecular weight is 205 g/mol. The van der Waals surface area contributed by atoms with E-state index in [9.17, 15) is 4.79 Å². The molecule has 0 bridgehead atoms. The molecule has 2 rings (SSSR count). The molecule has 13 heavy (non-hydrogen) atoms. The summed E-state index contributed by atoms with van der Waals surface area (Å²) in [4.78, 5) is 11.1. The number of halogens is 1. The second kappa shape index (κ2) is 3.84. The van der Waals surface area contributed by atoms with Crippen molar-refractivity contribution < 1.29 is 4.79 Å². The van der Waals surface area contributed by atoms with Gasteiger partial charge in [0.15, 0.2) is 0 Å². The van der Waals surface area contributed by atoms with Gasteiger partial charge in [-0.05, 0) is 32.1 Å². The summed E-state index contributed by atoms with van der Waals surface area (Å²) >= 11 is 0. The lowest BCUT2D eigenvalue weighted by atomic mass is 9.79. The van der Waals surface area contributed by atoms with E-state index >= 15 is 0 Å². The fraction of sp³-hybridized carbons (Fsp3) is 0.889. The SMILES string of the molecule is Cl.NC1CCC2(CCC(=O)N2)CC1. The van der Waals surface area contributed by atoms with E-state index in [2.05, 4.69) is 5.32 Å². The van der Waals surface area contributed by atoms with Crippen LogP contribution < -0.4 is 11.1 Å². The summed E-state index contributed by atoms with van der Waals surface area (Å²) in [7, 11) is 0. The molecular weight excluding hydrogens is 188 g/mol. The zero-order valence-electron chi connectivity index (χ0n) is 7.71. The van der Waals surface area contributed by atoms with E-state index in [4.69, 9.17) is 5.73 Å². The Hall–Kier alpha value is -0.280. The zero-order valence-corrected chi connectivity index (χ0v) is 8.53. The van der Waals surface area contributed by atoms with Gasteiger partial charge in [-0.1, -0.05) is 0 Å². The van der Waals surface area contributed by atoms with E-state index in [1.807, 2.05) is 0 Å².